The quantitative estimate of drug-likeness (QED) is 0.416. The van der Waals surface area contributed by atoms with Crippen molar-refractivity contribution in [3.05, 3.63) is 103 Å². The molecule has 36 heavy (non-hydrogen) atoms. The van der Waals surface area contributed by atoms with Gasteiger partial charge in [0.1, 0.15) is 28.4 Å². The van der Waals surface area contributed by atoms with Crippen LogP contribution in [0.2, 0.25) is 0 Å². The Morgan fingerprint density at radius 1 is 1.08 bits per heavy atom. The van der Waals surface area contributed by atoms with Gasteiger partial charge in [-0.05, 0) is 56.6 Å². The minimum atomic E-state index is 0.226. The van der Waals surface area contributed by atoms with Crippen LogP contribution < -0.4 is 21.7 Å². The van der Waals surface area contributed by atoms with Gasteiger partial charge in [-0.1, -0.05) is 37.8 Å². The highest BCUT2D eigenvalue weighted by Crippen LogP contribution is 2.32. The molecule has 174 valence electrons. The van der Waals surface area contributed by atoms with E-state index in [1.54, 1.807) is 30.9 Å². The summed E-state index contributed by atoms with van der Waals surface area (Å²) in [4.78, 5) is 17.9. The monoisotopic (exact) mass is 470 g/mol. The molecule has 2 aromatic rings. The Labute approximate surface area is 205 Å². The molecule has 8 nitrogen and oxygen atoms in total. The van der Waals surface area contributed by atoms with E-state index < -0.39 is 0 Å². The summed E-state index contributed by atoms with van der Waals surface area (Å²) in [5, 5.41) is 19.2. The molecule has 6 rings (SSSR count). The molecule has 0 saturated carbocycles. The van der Waals surface area contributed by atoms with E-state index in [2.05, 4.69) is 44.7 Å². The highest BCUT2D eigenvalue weighted by molar-refractivity contribution is 5.98. The Morgan fingerprint density at radius 3 is 2.86 bits per heavy atom. The Morgan fingerprint density at radius 2 is 1.97 bits per heavy atom. The molecule has 0 fully saturated rings. The molecule has 4 aliphatic rings. The Hall–Kier alpha value is -4.98. The van der Waals surface area contributed by atoms with Crippen LogP contribution in [-0.2, 0) is 0 Å². The minimum Gasteiger partial charge on any atom is -0.384 e. The molecule has 0 aromatic carbocycles. The normalized spacial score (nSPS) is 17.5. The summed E-state index contributed by atoms with van der Waals surface area (Å²) in [5.74, 6) is 0.662. The number of fused-ring (bicyclic) bond motifs is 2. The number of nitrogens with zero attached hydrogens (tertiary/aromatic N) is 5. The fourth-order valence-corrected chi connectivity index (χ4v) is 4.66. The van der Waals surface area contributed by atoms with Gasteiger partial charge < -0.3 is 5.73 Å². The molecule has 4 heterocycles. The number of anilines is 1. The van der Waals surface area contributed by atoms with Crippen molar-refractivity contribution in [3.63, 3.8) is 0 Å². The van der Waals surface area contributed by atoms with E-state index in [1.807, 2.05) is 36.4 Å². The number of hydrogen-bond acceptors (Lipinski definition) is 7. The lowest BCUT2D eigenvalue weighted by Crippen LogP contribution is -2.10. The second-order valence-corrected chi connectivity index (χ2v) is 8.83. The Kier molecular flexibility index (Phi) is 5.00. The summed E-state index contributed by atoms with van der Waals surface area (Å²) >= 11 is 0. The van der Waals surface area contributed by atoms with Crippen molar-refractivity contribution < 1.29 is 0 Å². The third-order valence-electron chi connectivity index (χ3n) is 6.35. The van der Waals surface area contributed by atoms with E-state index in [9.17, 15) is 0 Å². The molecule has 0 radical (unpaired) electrons. The van der Waals surface area contributed by atoms with Gasteiger partial charge in [0, 0.05) is 23.5 Å². The number of aliphatic imine (C=N–C) groups is 2. The molecule has 0 unspecified atom stereocenters. The van der Waals surface area contributed by atoms with Crippen LogP contribution in [0.25, 0.3) is 24.8 Å². The zero-order valence-corrected chi connectivity index (χ0v) is 19.5. The van der Waals surface area contributed by atoms with Crippen molar-refractivity contribution in [1.82, 2.24) is 20.2 Å². The van der Waals surface area contributed by atoms with Crippen LogP contribution in [0.1, 0.15) is 40.9 Å². The number of rotatable bonds is 2. The second kappa shape index (κ2) is 8.35. The number of hydrogen-bond donors (Lipinski definition) is 3. The molecule has 0 saturated heterocycles. The number of nitrogen functional groups attached to an aromatic ring is 1. The standard InChI is InChI=1S/C28H22N8/c1-15-3-5-17-9-24(29)32-11-19(26(15)17)7-21-13-34-28-22(35-36-23(28)14-31-21)8-20-12-33-25(30)10-18-6-4-16(2)27(18)20/h3-15,29H,2,30H2,1H3,(H,35,36)/b20-8-,21-7+,29-24?/t15-/m0/s1. The van der Waals surface area contributed by atoms with Crippen molar-refractivity contribution in [3.8, 4) is 0 Å². The van der Waals surface area contributed by atoms with E-state index >= 15 is 0 Å². The number of H-pyrrole nitrogens is 1. The van der Waals surface area contributed by atoms with Crippen LogP contribution in [0.3, 0.4) is 0 Å². The first-order valence-electron chi connectivity index (χ1n) is 11.5. The molecule has 2 aromatic heterocycles. The molecular weight excluding hydrogens is 448 g/mol. The van der Waals surface area contributed by atoms with Crippen LogP contribution in [0.5, 0.6) is 0 Å². The minimum absolute atomic E-state index is 0.226. The molecule has 1 atom stereocenters. The predicted octanol–water partition coefficient (Wildman–Crippen LogP) is 2.53. The molecular formula is C28H22N8. The fraction of sp³-hybridized carbons (Fsp3) is 0.0714. The predicted molar refractivity (Wildman–Crippen MR) is 142 cm³/mol. The average molecular weight is 471 g/mol. The fourth-order valence-electron chi connectivity index (χ4n) is 4.66. The molecule has 2 aliphatic carbocycles. The maximum absolute atomic E-state index is 8.01. The van der Waals surface area contributed by atoms with Crippen molar-refractivity contribution in [2.75, 3.05) is 5.73 Å². The van der Waals surface area contributed by atoms with Crippen LogP contribution in [0.4, 0.5) is 11.5 Å². The first-order chi connectivity index (χ1) is 17.5. The largest absolute Gasteiger partial charge is 0.384 e. The highest BCUT2D eigenvalue weighted by atomic mass is 15.1. The van der Waals surface area contributed by atoms with Crippen molar-refractivity contribution in [1.29, 1.82) is 5.41 Å². The molecule has 8 heteroatoms. The smallest absolute Gasteiger partial charge is 0.144 e. The van der Waals surface area contributed by atoms with Crippen LogP contribution in [-0.4, -0.2) is 32.6 Å². The molecule has 4 N–H and O–H groups in total. The second-order valence-electron chi connectivity index (χ2n) is 8.83. The number of allylic oxidation sites excluding steroid dienone is 2. The maximum Gasteiger partial charge on any atom is 0.144 e. The van der Waals surface area contributed by atoms with E-state index in [4.69, 9.17) is 16.1 Å². The zero-order valence-electron chi connectivity index (χ0n) is 19.5. The number of aromatic amines is 1. The number of aromatic nitrogens is 4. The van der Waals surface area contributed by atoms with Gasteiger partial charge in [0.05, 0.1) is 18.1 Å². The van der Waals surface area contributed by atoms with E-state index in [0.29, 0.717) is 28.6 Å². The van der Waals surface area contributed by atoms with Crippen LogP contribution >= 0.6 is 0 Å². The average Bonchev–Trinajstić information content (AvgIpc) is 3.39. The topological polar surface area (TPSA) is 129 Å². The lowest BCUT2D eigenvalue weighted by atomic mass is 9.99. The molecule has 0 amide bonds. The van der Waals surface area contributed by atoms with Gasteiger partial charge in [-0.2, -0.15) is 5.10 Å². The summed E-state index contributed by atoms with van der Waals surface area (Å²) in [6, 6.07) is 7.57. The van der Waals surface area contributed by atoms with Gasteiger partial charge in [0.25, 0.3) is 0 Å². The lowest BCUT2D eigenvalue weighted by molar-refractivity contribution is 0.987. The molecule has 2 aliphatic heterocycles. The SMILES string of the molecule is C=c1ccc2cc(N)nc/c(=C/c3n[nH]c4c3N=C/C(=C\c3cnc(=N)cc5c3[C@@H](C)C=C5)N=C4)c1=2. The third kappa shape index (κ3) is 3.74. The van der Waals surface area contributed by atoms with E-state index in [0.717, 1.165) is 37.6 Å². The van der Waals surface area contributed by atoms with Crippen molar-refractivity contribution >= 4 is 48.7 Å². The van der Waals surface area contributed by atoms with Crippen molar-refractivity contribution in [2.45, 2.75) is 12.8 Å². The third-order valence-corrected chi connectivity index (χ3v) is 6.35. The number of nitrogens with two attached hydrogens (primary N) is 1. The molecule has 0 bridgehead atoms. The lowest BCUT2D eigenvalue weighted by Gasteiger charge is -2.06. The summed E-state index contributed by atoms with van der Waals surface area (Å²) in [7, 11) is 0. The summed E-state index contributed by atoms with van der Waals surface area (Å²) in [6.07, 6.45) is 14.9. The van der Waals surface area contributed by atoms with Gasteiger partial charge in [-0.25, -0.2) is 15.0 Å². The first kappa shape index (κ1) is 21.5. The molecule has 0 spiro atoms. The van der Waals surface area contributed by atoms with Crippen LogP contribution in [0.15, 0.2) is 58.4 Å². The number of nitrogens with one attached hydrogen (secondary N) is 2. The first-order valence-corrected chi connectivity index (χ1v) is 11.5. The highest BCUT2D eigenvalue weighted by Gasteiger charge is 2.17. The van der Waals surface area contributed by atoms with Gasteiger partial charge in [-0.15, -0.1) is 0 Å². The van der Waals surface area contributed by atoms with Gasteiger partial charge in [0.2, 0.25) is 0 Å². The van der Waals surface area contributed by atoms with Crippen molar-refractivity contribution in [2.24, 2.45) is 9.98 Å². The van der Waals surface area contributed by atoms with E-state index in [1.165, 1.54) is 0 Å². The van der Waals surface area contributed by atoms with E-state index in [-0.39, 0.29) is 11.4 Å². The summed E-state index contributed by atoms with van der Waals surface area (Å²) < 4.78 is 0. The maximum atomic E-state index is 8.01. The zero-order chi connectivity index (χ0) is 24.8. The Bertz CT molecular complexity index is 1910. The van der Waals surface area contributed by atoms with Crippen LogP contribution in [0, 0.1) is 15.8 Å². The summed E-state index contributed by atoms with van der Waals surface area (Å²) in [6.45, 7) is 6.28. The Balaban J connectivity index is 1.46. The summed E-state index contributed by atoms with van der Waals surface area (Å²) in [5.41, 5.74) is 12.0. The van der Waals surface area contributed by atoms with Gasteiger partial charge in [0.15, 0.2) is 0 Å². The van der Waals surface area contributed by atoms with Gasteiger partial charge in [-0.3, -0.25) is 15.5 Å². The van der Waals surface area contributed by atoms with Gasteiger partial charge >= 0.3 is 0 Å².